The van der Waals surface area contributed by atoms with Crippen LogP contribution in [0.25, 0.3) is 0 Å². The fourth-order valence-electron chi connectivity index (χ4n) is 5.24. The minimum absolute atomic E-state index is 0.163. The highest BCUT2D eigenvalue weighted by Gasteiger charge is 2.22. The molecule has 0 spiro atoms. The third-order valence-electron chi connectivity index (χ3n) is 8.22. The second-order valence-corrected chi connectivity index (χ2v) is 14.5. The van der Waals surface area contributed by atoms with Gasteiger partial charge in [-0.05, 0) is 70.6 Å². The van der Waals surface area contributed by atoms with Crippen LogP contribution in [0.15, 0.2) is 72.9 Å². The highest BCUT2D eigenvalue weighted by atomic mass is 31.2. The molecule has 0 aliphatic carbocycles. The van der Waals surface area contributed by atoms with E-state index in [1.54, 1.807) is 0 Å². The SMILES string of the molecule is CC/C=C/C/C=C/C/C=C/C/C=C/C/C=C/CCCCCC(=O)O[C@H](COC(=O)CC/C=C/CCCCCCCCCCCCC)COP(=O)(O)O. The number of ether oxygens (including phenoxy) is 2. The summed E-state index contributed by atoms with van der Waals surface area (Å²) in [5.41, 5.74) is 0. The molecule has 0 unspecified atom stereocenters. The van der Waals surface area contributed by atoms with Crippen LogP contribution in [0.4, 0.5) is 0 Å². The Morgan fingerprint density at radius 3 is 1.48 bits per heavy atom. The molecule has 0 aromatic rings. The fourth-order valence-corrected chi connectivity index (χ4v) is 5.60. The Labute approximate surface area is 317 Å². The molecule has 0 aromatic carbocycles. The molecule has 0 aliphatic rings. The first-order valence-corrected chi connectivity index (χ1v) is 21.8. The Morgan fingerprint density at radius 2 is 0.962 bits per heavy atom. The Bertz CT molecular complexity index is 1070. The van der Waals surface area contributed by atoms with Gasteiger partial charge < -0.3 is 19.3 Å². The van der Waals surface area contributed by atoms with E-state index in [-0.39, 0.29) is 19.4 Å². The van der Waals surface area contributed by atoms with Crippen molar-refractivity contribution in [2.45, 2.75) is 174 Å². The maximum absolute atomic E-state index is 12.4. The maximum Gasteiger partial charge on any atom is 0.469 e. The molecule has 0 heterocycles. The van der Waals surface area contributed by atoms with E-state index in [0.717, 1.165) is 64.2 Å². The highest BCUT2D eigenvalue weighted by molar-refractivity contribution is 7.46. The van der Waals surface area contributed by atoms with Crippen LogP contribution in [-0.4, -0.2) is 41.0 Å². The van der Waals surface area contributed by atoms with Crippen LogP contribution < -0.4 is 0 Å². The van der Waals surface area contributed by atoms with Crippen molar-refractivity contribution in [3.63, 3.8) is 0 Å². The summed E-state index contributed by atoms with van der Waals surface area (Å²) in [5.74, 6) is -0.984. The Hall–Kier alpha value is -2.51. The lowest BCUT2D eigenvalue weighted by molar-refractivity contribution is -0.161. The smallest absolute Gasteiger partial charge is 0.462 e. The van der Waals surface area contributed by atoms with Gasteiger partial charge >= 0.3 is 19.8 Å². The number of esters is 2. The molecule has 52 heavy (non-hydrogen) atoms. The van der Waals surface area contributed by atoms with Crippen molar-refractivity contribution >= 4 is 19.8 Å². The average Bonchev–Trinajstić information content (AvgIpc) is 3.11. The lowest BCUT2D eigenvalue weighted by atomic mass is 10.1. The standard InChI is InChI=1S/C43H73O8P/c1-3-5-7-9-11-13-15-17-19-20-21-22-24-26-28-30-32-34-36-38-43(45)51-41(40-50-52(46,47)48)39-49-42(44)37-35-33-31-29-27-25-23-18-16-14-12-10-8-6-4-2/h5,7,11,13,17,19,21-22,26,28,31,33,41H,3-4,6,8-10,12,14-16,18,20,23-25,27,29-30,32,34-40H2,1-2H3,(H2,46,47,48)/b7-5+,13-11+,19-17+,22-21+,28-26+,33-31+/t41-/m1/s1. The predicted molar refractivity (Wildman–Crippen MR) is 216 cm³/mol. The maximum atomic E-state index is 12.4. The Morgan fingerprint density at radius 1 is 0.519 bits per heavy atom. The van der Waals surface area contributed by atoms with Crippen molar-refractivity contribution in [1.29, 1.82) is 0 Å². The molecule has 0 amide bonds. The molecular formula is C43H73O8P. The van der Waals surface area contributed by atoms with Crippen LogP contribution in [-0.2, 0) is 28.2 Å². The molecule has 0 saturated carbocycles. The number of hydrogen-bond donors (Lipinski definition) is 2. The largest absolute Gasteiger partial charge is 0.469 e. The third-order valence-corrected chi connectivity index (χ3v) is 8.71. The van der Waals surface area contributed by atoms with Crippen LogP contribution >= 0.6 is 7.82 Å². The molecule has 0 aromatic heterocycles. The fraction of sp³-hybridized carbons (Fsp3) is 0.674. The topological polar surface area (TPSA) is 119 Å². The number of allylic oxidation sites excluding steroid dienone is 12. The van der Waals surface area contributed by atoms with Gasteiger partial charge in [-0.25, -0.2) is 4.57 Å². The molecule has 9 heteroatoms. The zero-order valence-corrected chi connectivity index (χ0v) is 33.6. The molecule has 2 N–H and O–H groups in total. The van der Waals surface area contributed by atoms with Gasteiger partial charge in [0.15, 0.2) is 6.10 Å². The molecule has 0 aliphatic heterocycles. The van der Waals surface area contributed by atoms with E-state index >= 15 is 0 Å². The van der Waals surface area contributed by atoms with Crippen molar-refractivity contribution in [3.05, 3.63) is 72.9 Å². The van der Waals surface area contributed by atoms with Gasteiger partial charge in [-0.3, -0.25) is 14.1 Å². The van der Waals surface area contributed by atoms with Crippen LogP contribution in [0.3, 0.4) is 0 Å². The number of unbranched alkanes of at least 4 members (excludes halogenated alkanes) is 14. The highest BCUT2D eigenvalue weighted by Crippen LogP contribution is 2.36. The molecule has 0 rings (SSSR count). The van der Waals surface area contributed by atoms with Gasteiger partial charge in [0.2, 0.25) is 0 Å². The number of phosphoric acid groups is 1. The first-order chi connectivity index (χ1) is 25.3. The minimum atomic E-state index is -4.77. The molecule has 8 nitrogen and oxygen atoms in total. The first-order valence-electron chi connectivity index (χ1n) is 20.2. The molecule has 0 bridgehead atoms. The van der Waals surface area contributed by atoms with E-state index in [4.69, 9.17) is 19.3 Å². The number of phosphoric ester groups is 1. The summed E-state index contributed by atoms with van der Waals surface area (Å²) in [7, 11) is -4.77. The van der Waals surface area contributed by atoms with E-state index in [0.29, 0.717) is 12.8 Å². The zero-order chi connectivity index (χ0) is 38.2. The second-order valence-electron chi connectivity index (χ2n) is 13.2. The summed E-state index contributed by atoms with van der Waals surface area (Å²) in [6, 6.07) is 0. The van der Waals surface area contributed by atoms with Gasteiger partial charge in [-0.15, -0.1) is 0 Å². The van der Waals surface area contributed by atoms with Crippen LogP contribution in [0.1, 0.15) is 168 Å². The number of hydrogen-bond acceptors (Lipinski definition) is 6. The average molecular weight is 749 g/mol. The van der Waals surface area contributed by atoms with Gasteiger partial charge in [-0.1, -0.05) is 157 Å². The number of carbonyl (C=O) groups excluding carboxylic acids is 2. The van der Waals surface area contributed by atoms with Gasteiger partial charge in [0.1, 0.15) is 6.61 Å². The second kappa shape index (κ2) is 38.2. The molecule has 0 saturated heterocycles. The van der Waals surface area contributed by atoms with Crippen molar-refractivity contribution in [3.8, 4) is 0 Å². The summed E-state index contributed by atoms with van der Waals surface area (Å²) < 4.78 is 26.3. The zero-order valence-electron chi connectivity index (χ0n) is 32.7. The van der Waals surface area contributed by atoms with Crippen molar-refractivity contribution in [2.75, 3.05) is 13.2 Å². The summed E-state index contributed by atoms with van der Waals surface area (Å²) in [5, 5.41) is 0. The van der Waals surface area contributed by atoms with E-state index < -0.39 is 32.5 Å². The van der Waals surface area contributed by atoms with Crippen molar-refractivity contribution in [1.82, 2.24) is 0 Å². The lowest BCUT2D eigenvalue weighted by Crippen LogP contribution is -2.29. The summed E-state index contributed by atoms with van der Waals surface area (Å²) in [6.45, 7) is 3.50. The van der Waals surface area contributed by atoms with Crippen LogP contribution in [0.2, 0.25) is 0 Å². The van der Waals surface area contributed by atoms with Crippen molar-refractivity contribution < 1.29 is 37.9 Å². The van der Waals surface area contributed by atoms with Gasteiger partial charge in [0.25, 0.3) is 0 Å². The molecule has 0 fully saturated rings. The van der Waals surface area contributed by atoms with Gasteiger partial charge in [0, 0.05) is 12.8 Å². The van der Waals surface area contributed by atoms with Crippen LogP contribution in [0.5, 0.6) is 0 Å². The molecular weight excluding hydrogens is 675 g/mol. The van der Waals surface area contributed by atoms with E-state index in [1.165, 1.54) is 64.2 Å². The third kappa shape index (κ3) is 40.3. The molecule has 298 valence electrons. The Kier molecular flexibility index (Phi) is 36.4. The quantitative estimate of drug-likeness (QED) is 0.0281. The normalized spacial score (nSPS) is 13.2. The van der Waals surface area contributed by atoms with E-state index in [1.807, 2.05) is 6.08 Å². The Balaban J connectivity index is 4.06. The summed E-state index contributed by atoms with van der Waals surface area (Å²) in [6.07, 6.45) is 49.2. The predicted octanol–water partition coefficient (Wildman–Crippen LogP) is 12.3. The van der Waals surface area contributed by atoms with E-state index in [9.17, 15) is 14.2 Å². The van der Waals surface area contributed by atoms with E-state index in [2.05, 4.69) is 85.2 Å². The molecule has 1 atom stereocenters. The number of rotatable bonds is 36. The lowest BCUT2D eigenvalue weighted by Gasteiger charge is -2.18. The van der Waals surface area contributed by atoms with Crippen LogP contribution in [0, 0.1) is 0 Å². The van der Waals surface area contributed by atoms with Gasteiger partial charge in [0.05, 0.1) is 6.61 Å². The summed E-state index contributed by atoms with van der Waals surface area (Å²) >= 11 is 0. The number of carbonyl (C=O) groups is 2. The van der Waals surface area contributed by atoms with Crippen molar-refractivity contribution in [2.24, 2.45) is 0 Å². The summed E-state index contributed by atoms with van der Waals surface area (Å²) in [4.78, 5) is 42.8. The molecule has 0 radical (unpaired) electrons. The minimum Gasteiger partial charge on any atom is -0.462 e. The van der Waals surface area contributed by atoms with Gasteiger partial charge in [-0.2, -0.15) is 0 Å². The first kappa shape index (κ1) is 49.5. The monoisotopic (exact) mass is 749 g/mol.